The fraction of sp³-hybridized carbons (Fsp3) is 0.565. The highest BCUT2D eigenvalue weighted by Crippen LogP contribution is 2.59. The number of aliphatic hydroxyl groups excluding tert-OH is 1. The van der Waals surface area contributed by atoms with Gasteiger partial charge < -0.3 is 19.4 Å². The summed E-state index contributed by atoms with van der Waals surface area (Å²) in [6.07, 6.45) is 1.91. The molecule has 2 aromatic rings. The first kappa shape index (κ1) is 20.9. The lowest BCUT2D eigenvalue weighted by molar-refractivity contribution is -0.271. The van der Waals surface area contributed by atoms with E-state index < -0.39 is 29.6 Å². The predicted molar refractivity (Wildman–Crippen MR) is 111 cm³/mol. The Morgan fingerprint density at radius 1 is 1.23 bits per heavy atom. The van der Waals surface area contributed by atoms with Crippen LogP contribution < -0.4 is 0 Å². The predicted octanol–water partition coefficient (Wildman–Crippen LogP) is 3.22. The third-order valence-electron chi connectivity index (χ3n) is 7.14. The van der Waals surface area contributed by atoms with Crippen molar-refractivity contribution in [1.82, 2.24) is 4.90 Å². The van der Waals surface area contributed by atoms with Gasteiger partial charge in [-0.05, 0) is 42.8 Å². The van der Waals surface area contributed by atoms with E-state index in [1.165, 1.54) is 16.2 Å². The summed E-state index contributed by atoms with van der Waals surface area (Å²) in [7, 11) is 0. The number of hydrogen-bond acceptors (Lipinski definition) is 7. The van der Waals surface area contributed by atoms with Gasteiger partial charge in [0.05, 0.1) is 18.4 Å². The second-order valence-electron chi connectivity index (χ2n) is 8.86. The second kappa shape index (κ2) is 7.85. The van der Waals surface area contributed by atoms with Crippen LogP contribution in [0.5, 0.6) is 0 Å². The van der Waals surface area contributed by atoms with Crippen LogP contribution in [-0.4, -0.2) is 32.7 Å². The molecule has 5 rings (SSSR count). The lowest BCUT2D eigenvalue weighted by atomic mass is 9.63. The maximum atomic E-state index is 13.4. The summed E-state index contributed by atoms with van der Waals surface area (Å²) in [5.41, 5.74) is 0. The van der Waals surface area contributed by atoms with Gasteiger partial charge in [-0.3, -0.25) is 14.5 Å². The molecule has 2 amide bonds. The normalized spacial score (nSPS) is 34.9. The quantitative estimate of drug-likeness (QED) is 0.663. The molecule has 0 aromatic carbocycles. The van der Waals surface area contributed by atoms with Gasteiger partial charge in [-0.2, -0.15) is 0 Å². The van der Waals surface area contributed by atoms with Crippen molar-refractivity contribution < 1.29 is 29.0 Å². The molecule has 3 aliphatic rings. The molecule has 166 valence electrons. The van der Waals surface area contributed by atoms with Crippen molar-refractivity contribution in [2.45, 2.75) is 57.6 Å². The molecule has 2 N–H and O–H groups in total. The SMILES string of the molecule is CCC[C@H]1C[C@@H]2C(=O)N(Cc3cccs3)C(=O)[C@@H]2[C@@H]2C[C@@H](c3ccc(CO)o3)O[C@]12O. The van der Waals surface area contributed by atoms with E-state index >= 15 is 0 Å². The van der Waals surface area contributed by atoms with E-state index in [4.69, 9.17) is 9.15 Å². The molecule has 1 saturated carbocycles. The van der Waals surface area contributed by atoms with Gasteiger partial charge in [-0.1, -0.05) is 19.4 Å². The Kier molecular flexibility index (Phi) is 5.29. The first-order valence-corrected chi connectivity index (χ1v) is 11.8. The summed E-state index contributed by atoms with van der Waals surface area (Å²) in [6, 6.07) is 7.26. The zero-order valence-corrected chi connectivity index (χ0v) is 18.2. The molecule has 2 aliphatic heterocycles. The summed E-state index contributed by atoms with van der Waals surface area (Å²) in [6.45, 7) is 2.12. The number of hydrogen-bond donors (Lipinski definition) is 2. The van der Waals surface area contributed by atoms with Crippen molar-refractivity contribution in [2.75, 3.05) is 0 Å². The zero-order valence-electron chi connectivity index (χ0n) is 17.4. The number of imide groups is 1. The molecule has 2 saturated heterocycles. The number of likely N-dealkylation sites (tertiary alicyclic amines) is 1. The lowest BCUT2D eigenvalue weighted by Crippen LogP contribution is -2.53. The van der Waals surface area contributed by atoms with E-state index in [-0.39, 0.29) is 30.9 Å². The maximum absolute atomic E-state index is 13.4. The fourth-order valence-electron chi connectivity index (χ4n) is 5.77. The molecule has 0 bridgehead atoms. The van der Waals surface area contributed by atoms with Crippen molar-refractivity contribution >= 4 is 23.2 Å². The van der Waals surface area contributed by atoms with Crippen molar-refractivity contribution in [2.24, 2.45) is 23.7 Å². The number of thiophene rings is 1. The van der Waals surface area contributed by atoms with Gasteiger partial charge in [0, 0.05) is 16.7 Å². The largest absolute Gasteiger partial charge is 0.461 e. The molecule has 1 aliphatic carbocycles. The number of nitrogens with zero attached hydrogens (tertiary/aromatic N) is 1. The summed E-state index contributed by atoms with van der Waals surface area (Å²) in [4.78, 5) is 29.0. The van der Waals surface area contributed by atoms with Gasteiger partial charge in [0.25, 0.3) is 0 Å². The Hall–Kier alpha value is -2.00. The second-order valence-corrected chi connectivity index (χ2v) is 9.89. The standard InChI is InChI=1S/C23H27NO6S/c1-2-4-13-9-16-20(22(27)24(21(16)26)11-15-5-3-8-31-15)17-10-19(30-23(13,17)28)18-7-6-14(12-25)29-18/h3,5-8,13,16-17,19-20,25,28H,2,4,9-12H2,1H3/t13-,16-,17-,19-,20-,23+/m0/s1. The third-order valence-corrected chi connectivity index (χ3v) is 8.00. The van der Waals surface area contributed by atoms with Crippen LogP contribution >= 0.6 is 11.3 Å². The molecular formula is C23H27NO6S. The molecule has 0 radical (unpaired) electrons. The van der Waals surface area contributed by atoms with E-state index in [9.17, 15) is 19.8 Å². The fourth-order valence-corrected chi connectivity index (χ4v) is 6.46. The Labute approximate surface area is 184 Å². The van der Waals surface area contributed by atoms with Crippen LogP contribution in [0.2, 0.25) is 0 Å². The number of carbonyl (C=O) groups excluding carboxylic acids is 2. The number of rotatable bonds is 6. The van der Waals surface area contributed by atoms with E-state index in [0.717, 1.165) is 17.7 Å². The molecule has 6 atom stereocenters. The average molecular weight is 446 g/mol. The number of furan rings is 1. The molecule has 8 heteroatoms. The zero-order chi connectivity index (χ0) is 21.8. The summed E-state index contributed by atoms with van der Waals surface area (Å²) >= 11 is 1.52. The molecule has 0 spiro atoms. The first-order chi connectivity index (χ1) is 15.0. The Morgan fingerprint density at radius 3 is 2.74 bits per heavy atom. The number of fused-ring (bicyclic) bond motifs is 3. The highest BCUT2D eigenvalue weighted by atomic mass is 32.1. The van der Waals surface area contributed by atoms with Gasteiger partial charge in [0.2, 0.25) is 11.8 Å². The molecule has 2 aromatic heterocycles. The Balaban J connectivity index is 1.47. The van der Waals surface area contributed by atoms with Gasteiger partial charge >= 0.3 is 0 Å². The molecule has 4 heterocycles. The number of aliphatic hydroxyl groups is 2. The third kappa shape index (κ3) is 3.28. The number of ether oxygens (including phenoxy) is 1. The lowest BCUT2D eigenvalue weighted by Gasteiger charge is -2.44. The van der Waals surface area contributed by atoms with Gasteiger partial charge in [-0.15, -0.1) is 11.3 Å². The van der Waals surface area contributed by atoms with Crippen LogP contribution in [0.15, 0.2) is 34.1 Å². The molecule has 31 heavy (non-hydrogen) atoms. The van der Waals surface area contributed by atoms with Crippen LogP contribution in [0.25, 0.3) is 0 Å². The van der Waals surface area contributed by atoms with Crippen LogP contribution in [0, 0.1) is 23.7 Å². The minimum absolute atomic E-state index is 0.129. The van der Waals surface area contributed by atoms with Gasteiger partial charge in [0.1, 0.15) is 24.2 Å². The summed E-state index contributed by atoms with van der Waals surface area (Å²) < 4.78 is 11.9. The van der Waals surface area contributed by atoms with Crippen molar-refractivity contribution in [1.29, 1.82) is 0 Å². The maximum Gasteiger partial charge on any atom is 0.233 e. The number of carbonyl (C=O) groups is 2. The van der Waals surface area contributed by atoms with Crippen molar-refractivity contribution in [3.8, 4) is 0 Å². The topological polar surface area (TPSA) is 100 Å². The van der Waals surface area contributed by atoms with Crippen molar-refractivity contribution in [3.63, 3.8) is 0 Å². The molecule has 0 unspecified atom stereocenters. The smallest absolute Gasteiger partial charge is 0.233 e. The number of amides is 2. The van der Waals surface area contributed by atoms with Crippen LogP contribution in [-0.2, 0) is 27.5 Å². The monoisotopic (exact) mass is 445 g/mol. The highest BCUT2D eigenvalue weighted by molar-refractivity contribution is 7.09. The van der Waals surface area contributed by atoms with E-state index in [0.29, 0.717) is 24.4 Å². The van der Waals surface area contributed by atoms with E-state index in [1.54, 1.807) is 12.1 Å². The Bertz CT molecular complexity index is 971. The van der Waals surface area contributed by atoms with Crippen LogP contribution in [0.1, 0.15) is 55.1 Å². The summed E-state index contributed by atoms with van der Waals surface area (Å²) in [5, 5.41) is 22.9. The average Bonchev–Trinajstić information content (AvgIpc) is 3.53. The minimum atomic E-state index is -1.47. The minimum Gasteiger partial charge on any atom is -0.461 e. The van der Waals surface area contributed by atoms with Crippen LogP contribution in [0.4, 0.5) is 0 Å². The molecule has 7 nitrogen and oxygen atoms in total. The van der Waals surface area contributed by atoms with E-state index in [1.807, 2.05) is 24.4 Å². The van der Waals surface area contributed by atoms with Crippen LogP contribution in [0.3, 0.4) is 0 Å². The van der Waals surface area contributed by atoms with Gasteiger partial charge in [0.15, 0.2) is 5.79 Å². The Morgan fingerprint density at radius 2 is 2.06 bits per heavy atom. The van der Waals surface area contributed by atoms with E-state index in [2.05, 4.69) is 0 Å². The highest BCUT2D eigenvalue weighted by Gasteiger charge is 2.66. The molecular weight excluding hydrogens is 418 g/mol. The van der Waals surface area contributed by atoms with Crippen molar-refractivity contribution in [3.05, 3.63) is 46.0 Å². The van der Waals surface area contributed by atoms with Gasteiger partial charge in [-0.25, -0.2) is 0 Å². The summed E-state index contributed by atoms with van der Waals surface area (Å²) in [5.74, 6) is -2.53. The first-order valence-electron chi connectivity index (χ1n) is 10.9. The molecule has 3 fully saturated rings.